The standard InChI is InChI=1S/C16H13BrN4O5/c17-11-3-1-2-4-12(11)19-15(23)8-16(24)20-18-9-10-5-6-14(22)13(7-10)21(25)26/h1-7,9,22H,8H2,(H,19,23)(H,20,24). The summed E-state index contributed by atoms with van der Waals surface area (Å²) in [7, 11) is 0. The molecule has 0 heterocycles. The quantitative estimate of drug-likeness (QED) is 0.285. The molecule has 0 aliphatic rings. The van der Waals surface area contributed by atoms with Crippen LogP contribution < -0.4 is 10.7 Å². The molecule has 0 fully saturated rings. The van der Waals surface area contributed by atoms with Crippen LogP contribution in [0.4, 0.5) is 11.4 Å². The summed E-state index contributed by atoms with van der Waals surface area (Å²) in [5.41, 5.74) is 2.50. The smallest absolute Gasteiger partial charge is 0.311 e. The van der Waals surface area contributed by atoms with E-state index < -0.39 is 34.6 Å². The number of halogens is 1. The van der Waals surface area contributed by atoms with Gasteiger partial charge >= 0.3 is 5.69 Å². The van der Waals surface area contributed by atoms with Crippen LogP contribution in [0.5, 0.6) is 5.75 Å². The first kappa shape index (κ1) is 19.1. The Hall–Kier alpha value is -3.27. The monoisotopic (exact) mass is 420 g/mol. The minimum Gasteiger partial charge on any atom is -0.502 e. The van der Waals surface area contributed by atoms with E-state index in [1.54, 1.807) is 24.3 Å². The van der Waals surface area contributed by atoms with E-state index in [4.69, 9.17) is 0 Å². The number of anilines is 1. The minimum atomic E-state index is -0.739. The zero-order valence-corrected chi connectivity index (χ0v) is 14.8. The van der Waals surface area contributed by atoms with E-state index >= 15 is 0 Å². The van der Waals surface area contributed by atoms with Crippen LogP contribution >= 0.6 is 15.9 Å². The van der Waals surface area contributed by atoms with Gasteiger partial charge in [0, 0.05) is 16.1 Å². The Morgan fingerprint density at radius 1 is 1.23 bits per heavy atom. The van der Waals surface area contributed by atoms with Gasteiger partial charge in [0.2, 0.25) is 11.8 Å². The number of para-hydroxylation sites is 1. The van der Waals surface area contributed by atoms with Crippen molar-refractivity contribution in [3.05, 3.63) is 62.6 Å². The lowest BCUT2D eigenvalue weighted by Crippen LogP contribution is -2.24. The summed E-state index contributed by atoms with van der Waals surface area (Å²) in [6, 6.07) is 10.6. The van der Waals surface area contributed by atoms with Crippen LogP contribution in [-0.4, -0.2) is 28.1 Å². The average Bonchev–Trinajstić information content (AvgIpc) is 2.58. The summed E-state index contributed by atoms with van der Waals surface area (Å²) in [6.07, 6.45) is 0.713. The number of nitrogens with zero attached hydrogens (tertiary/aromatic N) is 2. The number of nitrogens with one attached hydrogen (secondary N) is 2. The molecule has 0 unspecified atom stereocenters. The summed E-state index contributed by atoms with van der Waals surface area (Å²) >= 11 is 3.28. The summed E-state index contributed by atoms with van der Waals surface area (Å²) in [5, 5.41) is 26.3. The molecule has 0 spiro atoms. The highest BCUT2D eigenvalue weighted by atomic mass is 79.9. The van der Waals surface area contributed by atoms with Crippen molar-refractivity contribution in [1.82, 2.24) is 5.43 Å². The molecular formula is C16H13BrN4O5. The first-order chi connectivity index (χ1) is 12.4. The van der Waals surface area contributed by atoms with Crippen molar-refractivity contribution in [2.75, 3.05) is 5.32 Å². The Balaban J connectivity index is 1.89. The third-order valence-corrected chi connectivity index (χ3v) is 3.76. The van der Waals surface area contributed by atoms with Crippen LogP contribution in [0.15, 0.2) is 52.0 Å². The van der Waals surface area contributed by atoms with Gasteiger partial charge in [0.25, 0.3) is 0 Å². The second kappa shape index (κ2) is 8.72. The molecule has 0 radical (unpaired) electrons. The van der Waals surface area contributed by atoms with Gasteiger partial charge in [-0.25, -0.2) is 5.43 Å². The number of nitro groups is 1. The van der Waals surface area contributed by atoms with E-state index in [-0.39, 0.29) is 0 Å². The van der Waals surface area contributed by atoms with Gasteiger partial charge in [-0.15, -0.1) is 0 Å². The lowest BCUT2D eigenvalue weighted by molar-refractivity contribution is -0.385. The summed E-state index contributed by atoms with van der Waals surface area (Å²) in [6.45, 7) is 0. The second-order valence-electron chi connectivity index (χ2n) is 5.00. The number of hydrogen-bond donors (Lipinski definition) is 3. The summed E-state index contributed by atoms with van der Waals surface area (Å²) < 4.78 is 0.681. The number of carbonyl (C=O) groups excluding carboxylic acids is 2. The maximum absolute atomic E-state index is 11.8. The van der Waals surface area contributed by atoms with Gasteiger partial charge in [-0.3, -0.25) is 19.7 Å². The first-order valence-corrected chi connectivity index (χ1v) is 8.00. The fourth-order valence-corrected chi connectivity index (χ4v) is 2.27. The molecule has 2 rings (SSSR count). The fraction of sp³-hybridized carbons (Fsp3) is 0.0625. The Morgan fingerprint density at radius 2 is 1.96 bits per heavy atom. The van der Waals surface area contributed by atoms with Crippen molar-refractivity contribution >= 4 is 45.3 Å². The largest absolute Gasteiger partial charge is 0.502 e. The zero-order valence-electron chi connectivity index (χ0n) is 13.2. The lowest BCUT2D eigenvalue weighted by Gasteiger charge is -2.06. The molecule has 2 aromatic rings. The van der Waals surface area contributed by atoms with Crippen LogP contribution in [0, 0.1) is 10.1 Å². The number of nitro benzene ring substituents is 1. The third kappa shape index (κ3) is 5.38. The molecule has 0 bridgehead atoms. The van der Waals surface area contributed by atoms with Gasteiger partial charge in [-0.2, -0.15) is 5.10 Å². The molecule has 26 heavy (non-hydrogen) atoms. The normalized spacial score (nSPS) is 10.5. The van der Waals surface area contributed by atoms with Gasteiger partial charge in [0.05, 0.1) is 16.8 Å². The number of aromatic hydroxyl groups is 1. The highest BCUT2D eigenvalue weighted by Gasteiger charge is 2.13. The van der Waals surface area contributed by atoms with E-state index in [1.807, 2.05) is 0 Å². The molecular weight excluding hydrogens is 408 g/mol. The number of hydrogen-bond acceptors (Lipinski definition) is 6. The number of rotatable bonds is 6. The van der Waals surface area contributed by atoms with Crippen molar-refractivity contribution in [3.63, 3.8) is 0 Å². The summed E-state index contributed by atoms with van der Waals surface area (Å²) in [5.74, 6) is -1.65. The van der Waals surface area contributed by atoms with Gasteiger partial charge in [0.1, 0.15) is 6.42 Å². The molecule has 2 amide bonds. The molecule has 9 nitrogen and oxygen atoms in total. The van der Waals surface area contributed by atoms with E-state index in [9.17, 15) is 24.8 Å². The van der Waals surface area contributed by atoms with Crippen LogP contribution in [0.25, 0.3) is 0 Å². The molecule has 10 heteroatoms. The molecule has 0 aliphatic carbocycles. The number of benzene rings is 2. The maximum Gasteiger partial charge on any atom is 0.311 e. The number of phenolic OH excluding ortho intramolecular Hbond substituents is 1. The first-order valence-electron chi connectivity index (χ1n) is 7.20. The van der Waals surface area contributed by atoms with Gasteiger partial charge in [-0.1, -0.05) is 12.1 Å². The minimum absolute atomic E-state index is 0.299. The highest BCUT2D eigenvalue weighted by Crippen LogP contribution is 2.25. The van der Waals surface area contributed by atoms with E-state index in [0.29, 0.717) is 15.7 Å². The number of carbonyl (C=O) groups is 2. The fourth-order valence-electron chi connectivity index (χ4n) is 1.89. The molecule has 0 saturated carbocycles. The topological polar surface area (TPSA) is 134 Å². The maximum atomic E-state index is 11.8. The van der Waals surface area contributed by atoms with Crippen molar-refractivity contribution in [2.24, 2.45) is 5.10 Å². The van der Waals surface area contributed by atoms with Gasteiger partial charge < -0.3 is 10.4 Å². The van der Waals surface area contributed by atoms with Gasteiger partial charge in [0.15, 0.2) is 5.75 Å². The van der Waals surface area contributed by atoms with Crippen molar-refractivity contribution < 1.29 is 19.6 Å². The SMILES string of the molecule is O=C(CC(=O)Nc1ccccc1Br)NN=Cc1ccc(O)c([N+](=O)[O-])c1. The van der Waals surface area contributed by atoms with Crippen molar-refractivity contribution in [1.29, 1.82) is 0 Å². The summed E-state index contributed by atoms with van der Waals surface area (Å²) in [4.78, 5) is 33.5. The van der Waals surface area contributed by atoms with Crippen molar-refractivity contribution in [2.45, 2.75) is 6.42 Å². The lowest BCUT2D eigenvalue weighted by atomic mass is 10.2. The predicted molar refractivity (Wildman–Crippen MR) is 97.9 cm³/mol. The number of hydrazone groups is 1. The Morgan fingerprint density at radius 3 is 2.65 bits per heavy atom. The second-order valence-corrected chi connectivity index (χ2v) is 5.86. The predicted octanol–water partition coefficient (Wildman–Crippen LogP) is 2.54. The van der Waals surface area contributed by atoms with Crippen LogP contribution in [0.1, 0.15) is 12.0 Å². The Labute approximate surface area is 156 Å². The van der Waals surface area contributed by atoms with Crippen LogP contribution in [0.3, 0.4) is 0 Å². The van der Waals surface area contributed by atoms with Crippen LogP contribution in [-0.2, 0) is 9.59 Å². The number of amides is 2. The zero-order chi connectivity index (χ0) is 19.1. The Kier molecular flexibility index (Phi) is 6.39. The number of phenols is 1. The molecule has 134 valence electrons. The third-order valence-electron chi connectivity index (χ3n) is 3.07. The van der Waals surface area contributed by atoms with Gasteiger partial charge in [-0.05, 0) is 40.2 Å². The Bertz CT molecular complexity index is 885. The van der Waals surface area contributed by atoms with E-state index in [0.717, 1.165) is 18.3 Å². The molecule has 0 aromatic heterocycles. The molecule has 0 atom stereocenters. The van der Waals surface area contributed by atoms with Crippen molar-refractivity contribution in [3.8, 4) is 5.75 Å². The molecule has 0 aliphatic heterocycles. The average molecular weight is 421 g/mol. The highest BCUT2D eigenvalue weighted by molar-refractivity contribution is 9.10. The molecule has 0 saturated heterocycles. The van der Waals surface area contributed by atoms with E-state index in [2.05, 4.69) is 31.8 Å². The molecule has 2 aromatic carbocycles. The van der Waals surface area contributed by atoms with E-state index in [1.165, 1.54) is 6.07 Å². The molecule has 3 N–H and O–H groups in total. The van der Waals surface area contributed by atoms with Crippen LogP contribution in [0.2, 0.25) is 0 Å².